The SMILES string of the molecule is CCNCC1CCC(N)[C@@H](O[C@H]2C(N)C[C@H](OC)C(N(C)C(=O)C/N=C/C=C(\C)CC/C=C(\C)CCC=C(C)C)C2O)O1. The van der Waals surface area contributed by atoms with E-state index in [2.05, 4.69) is 50.2 Å². The number of nitrogens with one attached hydrogen (secondary N) is 1. The second-order valence-electron chi connectivity index (χ2n) is 12.3. The average Bonchev–Trinajstić information content (AvgIpc) is 2.96. The molecule has 1 saturated carbocycles. The Hall–Kier alpha value is -1.92. The van der Waals surface area contributed by atoms with Crippen molar-refractivity contribution in [3.05, 3.63) is 34.9 Å². The first kappa shape index (κ1) is 37.3. The molecular formula is C33H59N5O5. The van der Waals surface area contributed by atoms with Gasteiger partial charge in [-0.05, 0) is 85.3 Å². The number of rotatable bonds is 16. The van der Waals surface area contributed by atoms with E-state index >= 15 is 0 Å². The Labute approximate surface area is 260 Å². The molecule has 0 aromatic heterocycles. The molecule has 2 rings (SSSR count). The van der Waals surface area contributed by atoms with Crippen LogP contribution in [0.5, 0.6) is 0 Å². The monoisotopic (exact) mass is 605 g/mol. The van der Waals surface area contributed by atoms with Gasteiger partial charge in [-0.1, -0.05) is 35.8 Å². The molecule has 43 heavy (non-hydrogen) atoms. The maximum atomic E-state index is 13.1. The minimum atomic E-state index is -1.09. The van der Waals surface area contributed by atoms with Crippen LogP contribution in [-0.4, -0.2) is 105 Å². The lowest BCUT2D eigenvalue weighted by Gasteiger charge is -2.48. The van der Waals surface area contributed by atoms with Gasteiger partial charge in [-0.2, -0.15) is 0 Å². The van der Waals surface area contributed by atoms with E-state index in [4.69, 9.17) is 25.7 Å². The van der Waals surface area contributed by atoms with E-state index in [1.54, 1.807) is 20.4 Å². The number of allylic oxidation sites excluding steroid dienone is 6. The smallest absolute Gasteiger partial charge is 0.244 e. The van der Waals surface area contributed by atoms with Crippen LogP contribution in [0.4, 0.5) is 0 Å². The third kappa shape index (κ3) is 12.5. The predicted molar refractivity (Wildman–Crippen MR) is 174 cm³/mol. The number of aliphatic imine (C=N–C) groups is 1. The number of nitrogens with two attached hydrogens (primary N) is 2. The van der Waals surface area contributed by atoms with E-state index in [0.717, 1.165) is 45.1 Å². The van der Waals surface area contributed by atoms with Crippen molar-refractivity contribution in [2.45, 2.75) is 128 Å². The summed E-state index contributed by atoms with van der Waals surface area (Å²) in [5, 5.41) is 14.7. The normalized spacial score (nSPS) is 30.5. The van der Waals surface area contributed by atoms with Gasteiger partial charge in [0.25, 0.3) is 0 Å². The molecule has 0 bridgehead atoms. The summed E-state index contributed by atoms with van der Waals surface area (Å²) in [7, 11) is 3.22. The Morgan fingerprint density at radius 1 is 1.09 bits per heavy atom. The highest BCUT2D eigenvalue weighted by atomic mass is 16.7. The summed E-state index contributed by atoms with van der Waals surface area (Å²) in [6.45, 7) is 12.1. The average molecular weight is 606 g/mol. The largest absolute Gasteiger partial charge is 0.388 e. The van der Waals surface area contributed by atoms with Crippen molar-refractivity contribution in [2.24, 2.45) is 16.5 Å². The molecule has 2 aliphatic rings. The van der Waals surface area contributed by atoms with Crippen molar-refractivity contribution in [1.82, 2.24) is 10.2 Å². The van der Waals surface area contributed by atoms with Gasteiger partial charge in [-0.3, -0.25) is 9.79 Å². The highest BCUT2D eigenvalue weighted by Crippen LogP contribution is 2.30. The number of aliphatic hydroxyl groups is 1. The van der Waals surface area contributed by atoms with Crippen molar-refractivity contribution in [2.75, 3.05) is 33.8 Å². The highest BCUT2D eigenvalue weighted by molar-refractivity contribution is 5.81. The molecule has 246 valence electrons. The van der Waals surface area contributed by atoms with Gasteiger partial charge >= 0.3 is 0 Å². The summed E-state index contributed by atoms with van der Waals surface area (Å²) in [6.07, 6.45) is 11.3. The molecule has 8 atom stereocenters. The Bertz CT molecular complexity index is 961. The quantitative estimate of drug-likeness (QED) is 0.155. The maximum absolute atomic E-state index is 13.1. The summed E-state index contributed by atoms with van der Waals surface area (Å²) in [6, 6.07) is -1.49. The summed E-state index contributed by atoms with van der Waals surface area (Å²) in [4.78, 5) is 19.0. The first-order chi connectivity index (χ1) is 20.5. The molecule has 0 aromatic carbocycles. The van der Waals surface area contributed by atoms with Crippen LogP contribution >= 0.6 is 0 Å². The van der Waals surface area contributed by atoms with Gasteiger partial charge in [0.2, 0.25) is 5.91 Å². The third-order valence-corrected chi connectivity index (χ3v) is 8.36. The Morgan fingerprint density at radius 3 is 2.47 bits per heavy atom. The van der Waals surface area contributed by atoms with E-state index < -0.39 is 36.7 Å². The van der Waals surface area contributed by atoms with Gasteiger partial charge in [-0.25, -0.2) is 0 Å². The maximum Gasteiger partial charge on any atom is 0.244 e. The third-order valence-electron chi connectivity index (χ3n) is 8.36. The van der Waals surface area contributed by atoms with E-state index in [1.165, 1.54) is 21.6 Å². The van der Waals surface area contributed by atoms with Gasteiger partial charge in [-0.15, -0.1) is 0 Å². The summed E-state index contributed by atoms with van der Waals surface area (Å²) < 4.78 is 18.0. The number of methoxy groups -OCH3 is 1. The number of hydrogen-bond donors (Lipinski definition) is 4. The second kappa shape index (κ2) is 19.5. The fourth-order valence-electron chi connectivity index (χ4n) is 5.63. The Kier molecular flexibility index (Phi) is 16.9. The zero-order chi connectivity index (χ0) is 31.9. The topological polar surface area (TPSA) is 145 Å². The lowest BCUT2D eigenvalue weighted by molar-refractivity contribution is -0.254. The molecule has 1 heterocycles. The second-order valence-corrected chi connectivity index (χ2v) is 12.3. The van der Waals surface area contributed by atoms with Crippen LogP contribution in [0.15, 0.2) is 39.9 Å². The van der Waals surface area contributed by atoms with Crippen molar-refractivity contribution >= 4 is 12.1 Å². The number of nitrogens with zero attached hydrogens (tertiary/aromatic N) is 2. The molecule has 0 aromatic rings. The zero-order valence-corrected chi connectivity index (χ0v) is 27.6. The number of likely N-dealkylation sites (N-methyl/N-ethyl adjacent to an activating group) is 2. The lowest BCUT2D eigenvalue weighted by Crippen LogP contribution is -2.66. The molecule has 1 aliphatic heterocycles. The highest BCUT2D eigenvalue weighted by Gasteiger charge is 2.48. The van der Waals surface area contributed by atoms with Crippen LogP contribution in [-0.2, 0) is 19.0 Å². The molecule has 6 N–H and O–H groups in total. The van der Waals surface area contributed by atoms with Crippen LogP contribution in [0.25, 0.3) is 0 Å². The first-order valence-corrected chi connectivity index (χ1v) is 15.9. The number of carbonyl (C=O) groups excluding carboxylic acids is 1. The molecule has 0 radical (unpaired) electrons. The molecule has 1 saturated heterocycles. The summed E-state index contributed by atoms with van der Waals surface area (Å²) in [5.41, 5.74) is 16.7. The predicted octanol–water partition coefficient (Wildman–Crippen LogP) is 3.24. The van der Waals surface area contributed by atoms with E-state index in [9.17, 15) is 9.90 Å². The van der Waals surface area contributed by atoms with Crippen LogP contribution in [0.3, 0.4) is 0 Å². The molecular weight excluding hydrogens is 546 g/mol. The van der Waals surface area contributed by atoms with Crippen molar-refractivity contribution in [3.8, 4) is 0 Å². The van der Waals surface area contributed by atoms with Gasteiger partial charge in [0.1, 0.15) is 18.8 Å². The minimum absolute atomic E-state index is 0.0257. The Morgan fingerprint density at radius 2 is 1.79 bits per heavy atom. The van der Waals surface area contributed by atoms with Crippen molar-refractivity contribution < 1.29 is 24.1 Å². The fourth-order valence-corrected chi connectivity index (χ4v) is 5.63. The standard InChI is InChI=1S/C33H59N5O5/c1-8-36-20-25-15-16-26(34)33(42-25)43-32-27(35)19-28(41-7)30(31(32)40)38(6)29(39)21-37-18-17-24(5)14-10-13-23(4)12-9-11-22(2)3/h11,13,17-18,25-28,30-33,36,40H,8-10,12,14-16,19-21,34-35H2,1-7H3/b23-13+,24-17+,37-18+/t25?,26?,27?,28-,30?,31?,32-,33+/m0/s1. The summed E-state index contributed by atoms with van der Waals surface area (Å²) in [5.74, 6) is -0.228. The van der Waals surface area contributed by atoms with Gasteiger partial charge in [0.05, 0.1) is 24.3 Å². The molecule has 1 amide bonds. The lowest BCUT2D eigenvalue weighted by atomic mass is 9.83. The number of amides is 1. The molecule has 2 fully saturated rings. The van der Waals surface area contributed by atoms with Crippen LogP contribution < -0.4 is 16.8 Å². The molecule has 10 heteroatoms. The molecule has 5 unspecified atom stereocenters. The van der Waals surface area contributed by atoms with Crippen molar-refractivity contribution in [1.29, 1.82) is 0 Å². The molecule has 0 spiro atoms. The van der Waals surface area contributed by atoms with Crippen LogP contribution in [0.2, 0.25) is 0 Å². The number of hydrogen-bond acceptors (Lipinski definition) is 9. The van der Waals surface area contributed by atoms with E-state index in [-0.39, 0.29) is 24.6 Å². The van der Waals surface area contributed by atoms with E-state index in [1.807, 2.05) is 13.0 Å². The number of aliphatic hydroxyl groups excluding tert-OH is 1. The van der Waals surface area contributed by atoms with Crippen molar-refractivity contribution in [3.63, 3.8) is 0 Å². The first-order valence-electron chi connectivity index (χ1n) is 15.9. The van der Waals surface area contributed by atoms with E-state index in [0.29, 0.717) is 13.0 Å². The summed E-state index contributed by atoms with van der Waals surface area (Å²) >= 11 is 0. The van der Waals surface area contributed by atoms with Gasteiger partial charge in [0.15, 0.2) is 6.29 Å². The molecule has 1 aliphatic carbocycles. The number of carbonyl (C=O) groups is 1. The van der Waals surface area contributed by atoms with Crippen LogP contribution in [0, 0.1) is 0 Å². The Balaban J connectivity index is 1.94. The fraction of sp³-hybridized carbons (Fsp3) is 0.758. The van der Waals surface area contributed by atoms with Gasteiger partial charge in [0, 0.05) is 33.0 Å². The molecule has 10 nitrogen and oxygen atoms in total. The van der Waals surface area contributed by atoms with Crippen LogP contribution in [0.1, 0.15) is 79.6 Å². The number of ether oxygens (including phenoxy) is 3. The zero-order valence-electron chi connectivity index (χ0n) is 27.6. The van der Waals surface area contributed by atoms with Gasteiger partial charge < -0.3 is 41.0 Å². The minimum Gasteiger partial charge on any atom is -0.388 e.